The lowest BCUT2D eigenvalue weighted by Crippen LogP contribution is -2.12. The van der Waals surface area contributed by atoms with Crippen molar-refractivity contribution in [3.63, 3.8) is 0 Å². The molecule has 1 fully saturated rings. The van der Waals surface area contributed by atoms with Crippen LogP contribution < -0.4 is 20.1 Å². The Bertz CT molecular complexity index is 1220. The van der Waals surface area contributed by atoms with E-state index in [1.54, 1.807) is 41.2 Å². The minimum absolute atomic E-state index is 0.0934. The number of hydrogen-bond donors (Lipinski definition) is 1. The Morgan fingerprint density at radius 2 is 1.41 bits per heavy atom. The zero-order chi connectivity index (χ0) is 22.8. The highest BCUT2D eigenvalue weighted by Crippen LogP contribution is 3.04. The monoisotopic (exact) mass is 540 g/mol. The summed E-state index contributed by atoms with van der Waals surface area (Å²) < 4.78 is 12.2. The van der Waals surface area contributed by atoms with Crippen molar-refractivity contribution in [1.82, 2.24) is 0 Å². The second kappa shape index (κ2) is 9.80. The Kier molecular flexibility index (Phi) is 7.25. The van der Waals surface area contributed by atoms with Crippen molar-refractivity contribution >= 4 is 71.1 Å². The molecule has 0 aliphatic carbocycles. The molecule has 0 unspecified atom stereocenters. The summed E-state index contributed by atoms with van der Waals surface area (Å²) in [6.45, 7) is -0.261. The molecule has 0 spiro atoms. The molecule has 3 aromatic rings. The number of ether oxygens (including phenoxy) is 3. The minimum atomic E-state index is -1.85. The molecule has 0 amide bonds. The molecule has 0 saturated carbocycles. The number of benzene rings is 3. The van der Waals surface area contributed by atoms with Gasteiger partial charge in [-0.15, -0.1) is 0 Å². The highest BCUT2D eigenvalue weighted by molar-refractivity contribution is 9.48. The summed E-state index contributed by atoms with van der Waals surface area (Å²) in [6.07, 6.45) is 0. The minimum Gasteiger partial charge on any atom is -0.507 e. The molecular formula is C21H18O5P2S4. The summed E-state index contributed by atoms with van der Waals surface area (Å²) in [5, 5.41) is 11.9. The third kappa shape index (κ3) is 5.04. The standard InChI is InChI=1S/C21H18O5P2S4/c1-24-15-6-10-17(11-7-15)27(29)31-28(30,32-27)18-12-8-16(9-13-18)25-14-26-21(23)19-4-2-3-5-20(19)22/h2-13,22H,14H2,1H3. The second-order valence-corrected chi connectivity index (χ2v) is 27.8. The van der Waals surface area contributed by atoms with E-state index in [1.165, 1.54) is 12.1 Å². The quantitative estimate of drug-likeness (QED) is 0.233. The summed E-state index contributed by atoms with van der Waals surface area (Å²) >= 11 is 15.4. The Hall–Kier alpha value is -1.47. The molecule has 1 aliphatic heterocycles. The molecule has 0 atom stereocenters. The number of methoxy groups -OCH3 is 1. The zero-order valence-electron chi connectivity index (χ0n) is 16.7. The highest BCUT2D eigenvalue weighted by Gasteiger charge is 2.45. The molecule has 5 nitrogen and oxygen atoms in total. The van der Waals surface area contributed by atoms with E-state index >= 15 is 0 Å². The number of hydrogen-bond acceptors (Lipinski definition) is 9. The Morgan fingerprint density at radius 3 is 1.94 bits per heavy atom. The van der Waals surface area contributed by atoms with Crippen molar-refractivity contribution in [3.05, 3.63) is 78.4 Å². The summed E-state index contributed by atoms with van der Waals surface area (Å²) in [4.78, 5) is 12.0. The van der Waals surface area contributed by atoms with Crippen LogP contribution in [0, 0.1) is 0 Å². The number of para-hydroxylation sites is 1. The molecule has 166 valence electrons. The third-order valence-electron chi connectivity index (χ3n) is 4.51. The van der Waals surface area contributed by atoms with Gasteiger partial charge >= 0.3 is 5.97 Å². The fourth-order valence-corrected chi connectivity index (χ4v) is 45.1. The van der Waals surface area contributed by atoms with E-state index in [0.717, 1.165) is 16.4 Å². The van der Waals surface area contributed by atoms with Crippen LogP contribution in [-0.2, 0) is 28.4 Å². The lowest BCUT2D eigenvalue weighted by atomic mass is 10.2. The smallest absolute Gasteiger partial charge is 0.344 e. The van der Waals surface area contributed by atoms with Gasteiger partial charge in [0.1, 0.15) is 22.8 Å². The van der Waals surface area contributed by atoms with E-state index in [9.17, 15) is 9.90 Å². The molecule has 1 heterocycles. The summed E-state index contributed by atoms with van der Waals surface area (Å²) in [7, 11) is 1.64. The summed E-state index contributed by atoms with van der Waals surface area (Å²) in [5.41, 5.74) is 0.0934. The number of esters is 1. The predicted molar refractivity (Wildman–Crippen MR) is 141 cm³/mol. The second-order valence-electron chi connectivity index (χ2n) is 6.56. The van der Waals surface area contributed by atoms with Crippen molar-refractivity contribution in [2.75, 3.05) is 13.9 Å². The molecule has 1 N–H and O–H groups in total. The van der Waals surface area contributed by atoms with Gasteiger partial charge in [0, 0.05) is 10.6 Å². The van der Waals surface area contributed by atoms with Gasteiger partial charge in [-0.25, -0.2) is 4.79 Å². The lowest BCUT2D eigenvalue weighted by molar-refractivity contribution is 0.0151. The molecule has 1 aliphatic rings. The topological polar surface area (TPSA) is 65.0 Å². The fraction of sp³-hybridized carbons (Fsp3) is 0.0952. The molecular weight excluding hydrogens is 522 g/mol. The highest BCUT2D eigenvalue weighted by atomic mass is 33.7. The van der Waals surface area contributed by atoms with E-state index in [2.05, 4.69) is 0 Å². The molecule has 0 bridgehead atoms. The van der Waals surface area contributed by atoms with Crippen molar-refractivity contribution in [3.8, 4) is 17.2 Å². The fourth-order valence-electron chi connectivity index (χ4n) is 2.84. The summed E-state index contributed by atoms with van der Waals surface area (Å²) in [6, 6.07) is 21.7. The third-order valence-corrected chi connectivity index (χ3v) is 35.7. The van der Waals surface area contributed by atoms with Crippen LogP contribution >= 0.6 is 30.9 Å². The summed E-state index contributed by atoms with van der Waals surface area (Å²) in [5.74, 6) is 0.590. The van der Waals surface area contributed by atoms with Crippen molar-refractivity contribution in [1.29, 1.82) is 0 Å². The lowest BCUT2D eigenvalue weighted by Gasteiger charge is -2.40. The molecule has 0 radical (unpaired) electrons. The van der Waals surface area contributed by atoms with Crippen LogP contribution in [0.3, 0.4) is 0 Å². The predicted octanol–water partition coefficient (Wildman–Crippen LogP) is 5.64. The first kappa shape index (κ1) is 23.7. The maximum Gasteiger partial charge on any atom is 0.344 e. The van der Waals surface area contributed by atoms with Crippen molar-refractivity contribution in [2.24, 2.45) is 0 Å². The first-order valence-corrected chi connectivity index (χ1v) is 18.9. The molecule has 1 saturated heterocycles. The van der Waals surface area contributed by atoms with Crippen LogP contribution in [-0.4, -0.2) is 25.0 Å². The van der Waals surface area contributed by atoms with Gasteiger partial charge in [-0.2, -0.15) is 0 Å². The normalized spacial score (nSPS) is 21.9. The molecule has 11 heteroatoms. The van der Waals surface area contributed by atoms with Gasteiger partial charge in [-0.1, -0.05) is 57.7 Å². The number of phenols is 1. The molecule has 4 rings (SSSR count). The first-order chi connectivity index (χ1) is 15.3. The van der Waals surface area contributed by atoms with E-state index < -0.39 is 14.9 Å². The van der Waals surface area contributed by atoms with Crippen molar-refractivity contribution in [2.45, 2.75) is 0 Å². The van der Waals surface area contributed by atoms with Crippen LogP contribution in [0.25, 0.3) is 0 Å². The van der Waals surface area contributed by atoms with E-state index in [4.69, 9.17) is 37.8 Å². The van der Waals surface area contributed by atoms with E-state index in [-0.39, 0.29) is 18.1 Å². The van der Waals surface area contributed by atoms with Gasteiger partial charge in [-0.05, 0) is 60.7 Å². The SMILES string of the molecule is COc1ccc(P2(=S)SP(=S)(c3ccc(OCOC(=O)c4ccccc4O)cc3)S2)cc1. The first-order valence-electron chi connectivity index (χ1n) is 9.29. The number of rotatable bonds is 7. The number of phenolic OH excluding ortho intramolecular Hbond substituents is 1. The number of carbonyl (C=O) groups excluding carboxylic acids is 1. The van der Waals surface area contributed by atoms with E-state index in [1.807, 2.05) is 48.5 Å². The maximum absolute atomic E-state index is 12.0. The van der Waals surface area contributed by atoms with Crippen LogP contribution in [0.2, 0.25) is 0 Å². The largest absolute Gasteiger partial charge is 0.507 e. The Balaban J connectivity index is 1.34. The number of carbonyl (C=O) groups is 1. The van der Waals surface area contributed by atoms with E-state index in [0.29, 0.717) is 5.75 Å². The van der Waals surface area contributed by atoms with Gasteiger partial charge in [0.15, 0.2) is 0 Å². The van der Waals surface area contributed by atoms with Gasteiger partial charge in [-0.3, -0.25) is 0 Å². The molecule has 3 aromatic carbocycles. The van der Waals surface area contributed by atoms with Gasteiger partial charge in [0.25, 0.3) is 0 Å². The number of aromatic hydroxyl groups is 1. The average molecular weight is 541 g/mol. The van der Waals surface area contributed by atoms with Crippen LogP contribution in [0.1, 0.15) is 10.4 Å². The van der Waals surface area contributed by atoms with Crippen LogP contribution in [0.4, 0.5) is 0 Å². The molecule has 0 aromatic heterocycles. The van der Waals surface area contributed by atoms with Gasteiger partial charge in [0.05, 0.1) is 16.0 Å². The van der Waals surface area contributed by atoms with Gasteiger partial charge < -0.3 is 19.3 Å². The zero-order valence-corrected chi connectivity index (χ0v) is 21.8. The van der Waals surface area contributed by atoms with Crippen LogP contribution in [0.15, 0.2) is 72.8 Å². The maximum atomic E-state index is 12.0. The van der Waals surface area contributed by atoms with Crippen LogP contribution in [0.5, 0.6) is 17.2 Å². The average Bonchev–Trinajstić information content (AvgIpc) is 2.78. The Labute approximate surface area is 203 Å². The Morgan fingerprint density at radius 1 is 0.875 bits per heavy atom. The van der Waals surface area contributed by atoms with Crippen molar-refractivity contribution < 1.29 is 24.1 Å². The molecule has 32 heavy (non-hydrogen) atoms. The van der Waals surface area contributed by atoms with Gasteiger partial charge in [0.2, 0.25) is 6.79 Å².